The molecule has 0 aliphatic carbocycles. The van der Waals surface area contributed by atoms with Crippen molar-refractivity contribution in [2.24, 2.45) is 5.84 Å². The van der Waals surface area contributed by atoms with Gasteiger partial charge in [-0.2, -0.15) is 0 Å². The van der Waals surface area contributed by atoms with Crippen LogP contribution in [0.5, 0.6) is 0 Å². The highest BCUT2D eigenvalue weighted by Gasteiger charge is 1.98. The average Bonchev–Trinajstić information content (AvgIpc) is 2.06. The van der Waals surface area contributed by atoms with Gasteiger partial charge < -0.3 is 10.2 Å². The second kappa shape index (κ2) is 3.90. The van der Waals surface area contributed by atoms with Gasteiger partial charge in [-0.25, -0.2) is 10.8 Å². The minimum atomic E-state index is 0.521. The molecule has 1 aromatic heterocycles. The number of hydrogen-bond donors (Lipinski definition) is 2. The quantitative estimate of drug-likeness (QED) is 0.490. The Morgan fingerprint density at radius 3 is 3.18 bits per heavy atom. The third-order valence-electron chi connectivity index (χ3n) is 1.33. The molecule has 0 amide bonds. The Balaban J connectivity index is 2.83. The molecule has 4 heteroatoms. The van der Waals surface area contributed by atoms with Crippen molar-refractivity contribution in [1.82, 2.24) is 4.98 Å². The highest BCUT2D eigenvalue weighted by atomic mass is 16.5. The number of aromatic nitrogens is 1. The Kier molecular flexibility index (Phi) is 2.83. The van der Waals surface area contributed by atoms with Gasteiger partial charge in [0.25, 0.3) is 0 Å². The number of hydrazine groups is 1. The van der Waals surface area contributed by atoms with Crippen LogP contribution in [0.15, 0.2) is 18.3 Å². The summed E-state index contributed by atoms with van der Waals surface area (Å²) in [7, 11) is 1.63. The maximum atomic E-state index is 5.21. The first-order valence-corrected chi connectivity index (χ1v) is 3.28. The summed E-state index contributed by atoms with van der Waals surface area (Å²) in [6.45, 7) is 0.521. The molecule has 0 aromatic carbocycles. The number of nitrogens with one attached hydrogen (secondary N) is 1. The van der Waals surface area contributed by atoms with E-state index in [1.54, 1.807) is 13.3 Å². The minimum absolute atomic E-state index is 0.521. The summed E-state index contributed by atoms with van der Waals surface area (Å²) in [4.78, 5) is 4.00. The van der Waals surface area contributed by atoms with Crippen LogP contribution in [-0.2, 0) is 11.3 Å². The molecule has 0 aliphatic heterocycles. The fraction of sp³-hybridized carbons (Fsp3) is 0.286. The number of anilines is 1. The van der Waals surface area contributed by atoms with E-state index < -0.39 is 0 Å². The zero-order valence-electron chi connectivity index (χ0n) is 6.37. The molecule has 1 rings (SSSR count). The minimum Gasteiger partial charge on any atom is -0.380 e. The predicted octanol–water partition coefficient (Wildman–Crippen LogP) is 0.514. The van der Waals surface area contributed by atoms with E-state index in [0.29, 0.717) is 12.4 Å². The van der Waals surface area contributed by atoms with E-state index in [4.69, 9.17) is 10.6 Å². The number of hydrogen-bond acceptors (Lipinski definition) is 4. The highest BCUT2D eigenvalue weighted by molar-refractivity contribution is 5.41. The molecule has 0 fully saturated rings. The van der Waals surface area contributed by atoms with E-state index in [2.05, 4.69) is 10.4 Å². The lowest BCUT2D eigenvalue weighted by Gasteiger charge is -2.04. The van der Waals surface area contributed by atoms with Gasteiger partial charge in [-0.1, -0.05) is 6.07 Å². The molecular weight excluding hydrogens is 142 g/mol. The maximum Gasteiger partial charge on any atom is 0.145 e. The van der Waals surface area contributed by atoms with Crippen molar-refractivity contribution in [3.8, 4) is 0 Å². The summed E-state index contributed by atoms with van der Waals surface area (Å²) in [6, 6.07) is 3.75. The number of nitrogens with two attached hydrogens (primary N) is 1. The standard InChI is InChI=1S/C7H11N3O/c1-11-5-6-3-2-4-9-7(6)10-8/h2-4H,5,8H2,1H3,(H,9,10). The van der Waals surface area contributed by atoms with Gasteiger partial charge in [0.05, 0.1) is 6.61 Å². The molecule has 11 heavy (non-hydrogen) atoms. The Hall–Kier alpha value is -1.13. The Morgan fingerprint density at radius 2 is 2.55 bits per heavy atom. The molecule has 0 bridgehead atoms. The first-order valence-electron chi connectivity index (χ1n) is 3.28. The molecule has 0 saturated heterocycles. The van der Waals surface area contributed by atoms with Crippen molar-refractivity contribution in [3.05, 3.63) is 23.9 Å². The van der Waals surface area contributed by atoms with Crippen LogP contribution in [0.25, 0.3) is 0 Å². The molecule has 0 atom stereocenters. The monoisotopic (exact) mass is 153 g/mol. The van der Waals surface area contributed by atoms with Gasteiger partial charge in [-0.05, 0) is 6.07 Å². The second-order valence-corrected chi connectivity index (χ2v) is 2.09. The fourth-order valence-electron chi connectivity index (χ4n) is 0.841. The molecular formula is C7H11N3O. The van der Waals surface area contributed by atoms with Crippen molar-refractivity contribution in [2.45, 2.75) is 6.61 Å². The van der Waals surface area contributed by atoms with Crippen LogP contribution in [0.3, 0.4) is 0 Å². The zero-order chi connectivity index (χ0) is 8.10. The normalized spacial score (nSPS) is 9.64. The summed E-state index contributed by atoms with van der Waals surface area (Å²) >= 11 is 0. The zero-order valence-corrected chi connectivity index (χ0v) is 6.37. The third kappa shape index (κ3) is 1.89. The molecule has 1 aromatic rings. The summed E-state index contributed by atoms with van der Waals surface area (Å²) < 4.78 is 4.93. The maximum absolute atomic E-state index is 5.21. The predicted molar refractivity (Wildman–Crippen MR) is 42.8 cm³/mol. The van der Waals surface area contributed by atoms with Crippen molar-refractivity contribution in [3.63, 3.8) is 0 Å². The SMILES string of the molecule is COCc1cccnc1NN. The fourth-order valence-corrected chi connectivity index (χ4v) is 0.841. The summed E-state index contributed by atoms with van der Waals surface area (Å²) in [6.07, 6.45) is 1.67. The van der Waals surface area contributed by atoms with Crippen LogP contribution in [-0.4, -0.2) is 12.1 Å². The van der Waals surface area contributed by atoms with Gasteiger partial charge in [-0.3, -0.25) is 0 Å². The van der Waals surface area contributed by atoms with E-state index in [9.17, 15) is 0 Å². The largest absolute Gasteiger partial charge is 0.380 e. The number of nitrogens with zero attached hydrogens (tertiary/aromatic N) is 1. The van der Waals surface area contributed by atoms with Crippen molar-refractivity contribution in [2.75, 3.05) is 12.5 Å². The summed E-state index contributed by atoms with van der Waals surface area (Å²) in [5.41, 5.74) is 3.45. The molecule has 4 nitrogen and oxygen atoms in total. The molecule has 0 spiro atoms. The molecule has 0 unspecified atom stereocenters. The van der Waals surface area contributed by atoms with Crippen molar-refractivity contribution >= 4 is 5.82 Å². The lowest BCUT2D eigenvalue weighted by Crippen LogP contribution is -2.11. The number of pyridine rings is 1. The number of methoxy groups -OCH3 is 1. The average molecular weight is 153 g/mol. The Morgan fingerprint density at radius 1 is 1.73 bits per heavy atom. The molecule has 0 aliphatic rings. The lowest BCUT2D eigenvalue weighted by molar-refractivity contribution is 0.185. The van der Waals surface area contributed by atoms with E-state index in [1.807, 2.05) is 12.1 Å². The third-order valence-corrected chi connectivity index (χ3v) is 1.33. The van der Waals surface area contributed by atoms with Gasteiger partial charge in [0.2, 0.25) is 0 Å². The summed E-state index contributed by atoms with van der Waals surface area (Å²) in [5, 5.41) is 0. The highest BCUT2D eigenvalue weighted by Crippen LogP contribution is 2.09. The summed E-state index contributed by atoms with van der Waals surface area (Å²) in [5.74, 6) is 5.87. The topological polar surface area (TPSA) is 60.2 Å². The van der Waals surface area contributed by atoms with Gasteiger partial charge in [-0.15, -0.1) is 0 Å². The van der Waals surface area contributed by atoms with E-state index >= 15 is 0 Å². The van der Waals surface area contributed by atoms with E-state index in [1.165, 1.54) is 0 Å². The van der Waals surface area contributed by atoms with Crippen LogP contribution in [0.1, 0.15) is 5.56 Å². The molecule has 0 saturated carbocycles. The first-order chi connectivity index (χ1) is 5.38. The van der Waals surface area contributed by atoms with E-state index in [0.717, 1.165) is 5.56 Å². The number of rotatable bonds is 3. The Bertz CT molecular complexity index is 227. The van der Waals surface area contributed by atoms with Crippen molar-refractivity contribution in [1.29, 1.82) is 0 Å². The number of nitrogen functional groups attached to an aromatic ring is 1. The van der Waals surface area contributed by atoms with Gasteiger partial charge in [0.15, 0.2) is 0 Å². The van der Waals surface area contributed by atoms with Gasteiger partial charge in [0, 0.05) is 18.9 Å². The van der Waals surface area contributed by atoms with Crippen LogP contribution >= 0.6 is 0 Å². The first kappa shape index (κ1) is 7.97. The molecule has 0 radical (unpaired) electrons. The molecule has 1 heterocycles. The van der Waals surface area contributed by atoms with Gasteiger partial charge in [0.1, 0.15) is 5.82 Å². The second-order valence-electron chi connectivity index (χ2n) is 2.09. The Labute approximate surface area is 65.4 Å². The molecule has 60 valence electrons. The lowest BCUT2D eigenvalue weighted by atomic mass is 10.3. The van der Waals surface area contributed by atoms with Gasteiger partial charge >= 0.3 is 0 Å². The van der Waals surface area contributed by atoms with E-state index in [-0.39, 0.29) is 0 Å². The smallest absolute Gasteiger partial charge is 0.145 e. The van der Waals surface area contributed by atoms with Crippen LogP contribution in [0.4, 0.5) is 5.82 Å². The van der Waals surface area contributed by atoms with Crippen LogP contribution in [0.2, 0.25) is 0 Å². The number of ether oxygens (including phenoxy) is 1. The van der Waals surface area contributed by atoms with Crippen molar-refractivity contribution < 1.29 is 4.74 Å². The van der Waals surface area contributed by atoms with Crippen LogP contribution < -0.4 is 11.3 Å². The molecule has 3 N–H and O–H groups in total. The van der Waals surface area contributed by atoms with Crippen LogP contribution in [0, 0.1) is 0 Å².